The summed E-state index contributed by atoms with van der Waals surface area (Å²) in [6.07, 6.45) is 18.8. The molecule has 11 heteroatoms. The van der Waals surface area contributed by atoms with Crippen molar-refractivity contribution in [2.75, 3.05) is 5.75 Å². The standard InChI is InChI=1S/C35H50N6O4S/c1-25(39-31(21-27-13-7-3-8-14-27)32(42)33-36-17-18-37-33)19-29-22-41(24-38-29)35(44)40-34(43)28(20-26-11-5-2-6-12-26)23-46(45)30-15-9-4-10-16-30/h2,5-6,11-12,17-18,22,24-25,27-28,30-32,39,42H,3-4,7-10,13-16,19-21,23H2,1H3,(H,36,37)(H,40,43,44)/t25-,28?,31+,32-,46?/m1/s1. The normalized spacial score (nSPS) is 19.6. The molecule has 2 heterocycles. The molecule has 3 aromatic rings. The second-order valence-electron chi connectivity index (χ2n) is 13.3. The van der Waals surface area contributed by atoms with Gasteiger partial charge in [-0.25, -0.2) is 14.8 Å². The Labute approximate surface area is 275 Å². The maximum absolute atomic E-state index is 13.4. The minimum atomic E-state index is -1.14. The van der Waals surface area contributed by atoms with Crippen molar-refractivity contribution in [3.63, 3.8) is 0 Å². The summed E-state index contributed by atoms with van der Waals surface area (Å²) in [4.78, 5) is 38.4. The van der Waals surface area contributed by atoms with E-state index in [-0.39, 0.29) is 23.1 Å². The molecule has 4 N–H and O–H groups in total. The van der Waals surface area contributed by atoms with Gasteiger partial charge in [-0.1, -0.05) is 81.7 Å². The van der Waals surface area contributed by atoms with Gasteiger partial charge in [0.15, 0.2) is 0 Å². The van der Waals surface area contributed by atoms with Gasteiger partial charge >= 0.3 is 6.03 Å². The molecule has 2 aromatic heterocycles. The number of aliphatic hydroxyl groups excluding tert-OH is 1. The SMILES string of the molecule is C[C@H](Cc1cn(C(=O)NC(=O)C(Cc2ccccc2)CS(=O)C2CCCCC2)cn1)N[C@@H](CC1CCCCC1)[C@@H](O)c1ncc[nH]1. The van der Waals surface area contributed by atoms with Crippen molar-refractivity contribution in [2.45, 2.75) is 114 Å². The predicted molar refractivity (Wildman–Crippen MR) is 180 cm³/mol. The van der Waals surface area contributed by atoms with Crippen LogP contribution in [0.4, 0.5) is 4.79 Å². The van der Waals surface area contributed by atoms with E-state index in [4.69, 9.17) is 0 Å². The van der Waals surface area contributed by atoms with Crippen LogP contribution < -0.4 is 10.6 Å². The molecule has 46 heavy (non-hydrogen) atoms. The predicted octanol–water partition coefficient (Wildman–Crippen LogP) is 5.22. The molecule has 5 rings (SSSR count). The van der Waals surface area contributed by atoms with Crippen LogP contribution >= 0.6 is 0 Å². The van der Waals surface area contributed by atoms with E-state index in [1.807, 2.05) is 37.3 Å². The topological polar surface area (TPSA) is 142 Å². The molecule has 2 aliphatic carbocycles. The maximum atomic E-state index is 13.4. The highest BCUT2D eigenvalue weighted by Gasteiger charge is 2.30. The molecule has 2 fully saturated rings. The van der Waals surface area contributed by atoms with Crippen molar-refractivity contribution >= 4 is 22.7 Å². The van der Waals surface area contributed by atoms with E-state index in [0.717, 1.165) is 37.7 Å². The highest BCUT2D eigenvalue weighted by Crippen LogP contribution is 2.30. The molecule has 2 amide bonds. The number of aliphatic hydroxyl groups is 1. The lowest BCUT2D eigenvalue weighted by Gasteiger charge is -2.31. The van der Waals surface area contributed by atoms with Crippen molar-refractivity contribution in [1.82, 2.24) is 30.2 Å². The number of aromatic nitrogens is 4. The van der Waals surface area contributed by atoms with Crippen LogP contribution in [0.25, 0.3) is 0 Å². The number of carbonyl (C=O) groups excluding carboxylic acids is 2. The Kier molecular flexibility index (Phi) is 12.7. The number of amides is 2. The Morgan fingerprint density at radius 3 is 2.43 bits per heavy atom. The quantitative estimate of drug-likeness (QED) is 0.187. The second-order valence-corrected chi connectivity index (χ2v) is 15.1. The van der Waals surface area contributed by atoms with Gasteiger partial charge in [-0.15, -0.1) is 0 Å². The maximum Gasteiger partial charge on any atom is 0.333 e. The number of imide groups is 1. The highest BCUT2D eigenvalue weighted by molar-refractivity contribution is 7.85. The first-order chi connectivity index (χ1) is 22.4. The van der Waals surface area contributed by atoms with Crippen LogP contribution in [0.2, 0.25) is 0 Å². The monoisotopic (exact) mass is 650 g/mol. The van der Waals surface area contributed by atoms with Gasteiger partial charge in [-0.05, 0) is 44.1 Å². The molecule has 5 atom stereocenters. The first kappa shape index (κ1) is 34.2. The summed E-state index contributed by atoms with van der Waals surface area (Å²) in [6, 6.07) is 8.90. The fourth-order valence-electron chi connectivity index (χ4n) is 7.08. The Balaban J connectivity index is 1.18. The fraction of sp³-hybridized carbons (Fsp3) is 0.600. The lowest BCUT2D eigenvalue weighted by Crippen LogP contribution is -2.43. The Bertz CT molecular complexity index is 1380. The van der Waals surface area contributed by atoms with Crippen LogP contribution in [0.1, 0.15) is 101 Å². The summed E-state index contributed by atoms with van der Waals surface area (Å²) < 4.78 is 14.6. The molecule has 2 unspecified atom stereocenters. The minimum absolute atomic E-state index is 0.0312. The van der Waals surface area contributed by atoms with Crippen LogP contribution in [-0.4, -0.2) is 63.9 Å². The minimum Gasteiger partial charge on any atom is -0.384 e. The van der Waals surface area contributed by atoms with Crippen molar-refractivity contribution in [1.29, 1.82) is 0 Å². The summed E-state index contributed by atoms with van der Waals surface area (Å²) in [7, 11) is -1.14. The van der Waals surface area contributed by atoms with Crippen LogP contribution in [0.15, 0.2) is 55.2 Å². The summed E-state index contributed by atoms with van der Waals surface area (Å²) >= 11 is 0. The van der Waals surface area contributed by atoms with E-state index < -0.39 is 34.8 Å². The molecule has 0 spiro atoms. The number of H-pyrrole nitrogens is 1. The molecule has 0 aliphatic heterocycles. The smallest absolute Gasteiger partial charge is 0.333 e. The van der Waals surface area contributed by atoms with Crippen molar-refractivity contribution < 1.29 is 18.9 Å². The molecule has 0 saturated heterocycles. The number of aromatic amines is 1. The Hall–Kier alpha value is -3.15. The van der Waals surface area contributed by atoms with Gasteiger partial charge in [0.2, 0.25) is 5.91 Å². The van der Waals surface area contributed by atoms with Gasteiger partial charge in [-0.3, -0.25) is 18.9 Å². The third kappa shape index (κ3) is 9.92. The number of imidazole rings is 2. The van der Waals surface area contributed by atoms with Crippen molar-refractivity contribution in [3.8, 4) is 0 Å². The Morgan fingerprint density at radius 2 is 1.74 bits per heavy atom. The van der Waals surface area contributed by atoms with Gasteiger partial charge in [0.1, 0.15) is 18.3 Å². The van der Waals surface area contributed by atoms with Crippen molar-refractivity contribution in [2.24, 2.45) is 11.8 Å². The molecule has 2 aliphatic rings. The number of carbonyl (C=O) groups is 2. The third-order valence-electron chi connectivity index (χ3n) is 9.59. The number of nitrogens with one attached hydrogen (secondary N) is 3. The van der Waals surface area contributed by atoms with E-state index in [1.54, 1.807) is 18.6 Å². The number of nitrogens with zero attached hydrogens (tertiary/aromatic N) is 3. The highest BCUT2D eigenvalue weighted by atomic mass is 32.2. The third-order valence-corrected chi connectivity index (χ3v) is 11.5. The van der Waals surface area contributed by atoms with E-state index in [2.05, 4.69) is 25.6 Å². The lowest BCUT2D eigenvalue weighted by molar-refractivity contribution is -0.123. The molecule has 0 radical (unpaired) electrons. The summed E-state index contributed by atoms with van der Waals surface area (Å²) in [5.41, 5.74) is 1.67. The number of benzene rings is 1. The van der Waals surface area contributed by atoms with E-state index in [1.165, 1.54) is 49.4 Å². The summed E-state index contributed by atoms with van der Waals surface area (Å²) in [5, 5.41) is 17.4. The van der Waals surface area contributed by atoms with Gasteiger partial charge in [0.05, 0.1) is 11.6 Å². The number of hydrogen-bond donors (Lipinski definition) is 4. The van der Waals surface area contributed by atoms with Crippen LogP contribution in [-0.2, 0) is 28.4 Å². The largest absolute Gasteiger partial charge is 0.384 e. The summed E-state index contributed by atoms with van der Waals surface area (Å²) in [5.74, 6) is 0.362. The van der Waals surface area contributed by atoms with Crippen molar-refractivity contribution in [3.05, 3.63) is 72.3 Å². The average Bonchev–Trinajstić information content (AvgIpc) is 3.78. The molecular formula is C35H50N6O4S. The first-order valence-corrected chi connectivity index (χ1v) is 18.5. The fourth-order valence-corrected chi connectivity index (χ4v) is 8.88. The second kappa shape index (κ2) is 17.1. The zero-order chi connectivity index (χ0) is 32.3. The number of rotatable bonds is 14. The molecule has 2 saturated carbocycles. The zero-order valence-electron chi connectivity index (χ0n) is 27.0. The molecule has 1 aromatic carbocycles. The summed E-state index contributed by atoms with van der Waals surface area (Å²) in [6.45, 7) is 2.05. The van der Waals surface area contributed by atoms with E-state index in [9.17, 15) is 18.9 Å². The zero-order valence-corrected chi connectivity index (χ0v) is 27.8. The van der Waals surface area contributed by atoms with Crippen LogP contribution in [0, 0.1) is 11.8 Å². The first-order valence-electron chi connectivity index (χ1n) is 17.1. The molecule has 0 bridgehead atoms. The average molecular weight is 651 g/mol. The van der Waals surface area contributed by atoms with Crippen LogP contribution in [0.5, 0.6) is 0 Å². The van der Waals surface area contributed by atoms with Gasteiger partial charge in [0.25, 0.3) is 0 Å². The van der Waals surface area contributed by atoms with E-state index in [0.29, 0.717) is 30.3 Å². The number of hydrogen-bond acceptors (Lipinski definition) is 7. The molecule has 250 valence electrons. The van der Waals surface area contributed by atoms with E-state index >= 15 is 0 Å². The van der Waals surface area contributed by atoms with Crippen LogP contribution in [0.3, 0.4) is 0 Å². The molecular weight excluding hydrogens is 600 g/mol. The Morgan fingerprint density at radius 1 is 1.02 bits per heavy atom. The molecule has 10 nitrogen and oxygen atoms in total. The van der Waals surface area contributed by atoms with Gasteiger partial charge in [-0.2, -0.15) is 0 Å². The van der Waals surface area contributed by atoms with Gasteiger partial charge in [0, 0.05) is 58.9 Å². The lowest BCUT2D eigenvalue weighted by atomic mass is 9.83. The van der Waals surface area contributed by atoms with Gasteiger partial charge < -0.3 is 15.4 Å².